The Morgan fingerprint density at radius 3 is 1.64 bits per heavy atom. The Labute approximate surface area is 155 Å². The molecular formula is C23H40O2. The Kier molecular flexibility index (Phi) is 7.25. The van der Waals surface area contributed by atoms with Crippen molar-refractivity contribution in [3.8, 4) is 0 Å². The van der Waals surface area contributed by atoms with Crippen LogP contribution in [0.1, 0.15) is 104 Å². The third-order valence-corrected chi connectivity index (χ3v) is 7.54. The predicted octanol–water partition coefficient (Wildman–Crippen LogP) is 6.52. The molecule has 25 heavy (non-hydrogen) atoms. The number of hydrogen-bond donors (Lipinski definition) is 0. The average Bonchev–Trinajstić information content (AvgIpc) is 2.63. The molecule has 3 fully saturated rings. The molecule has 0 heterocycles. The van der Waals surface area contributed by atoms with Crippen molar-refractivity contribution in [2.75, 3.05) is 0 Å². The Morgan fingerprint density at radius 2 is 1.12 bits per heavy atom. The van der Waals surface area contributed by atoms with Crippen molar-refractivity contribution in [1.82, 2.24) is 0 Å². The Bertz CT molecular complexity index is 394. The minimum Gasteiger partial charge on any atom is -0.462 e. The van der Waals surface area contributed by atoms with Crippen LogP contribution in [0.4, 0.5) is 0 Å². The summed E-state index contributed by atoms with van der Waals surface area (Å²) in [5.41, 5.74) is 0. The molecule has 0 aliphatic heterocycles. The maximum absolute atomic E-state index is 12.5. The Balaban J connectivity index is 1.30. The first-order valence-corrected chi connectivity index (χ1v) is 11.3. The molecule has 3 aliphatic carbocycles. The Morgan fingerprint density at radius 1 is 0.680 bits per heavy atom. The molecule has 3 saturated carbocycles. The lowest BCUT2D eigenvalue weighted by Crippen LogP contribution is -2.29. The number of carbonyl (C=O) groups excluding carboxylic acids is 1. The average molecular weight is 349 g/mol. The molecule has 0 aromatic rings. The van der Waals surface area contributed by atoms with Gasteiger partial charge < -0.3 is 4.74 Å². The fourth-order valence-corrected chi connectivity index (χ4v) is 5.38. The van der Waals surface area contributed by atoms with Gasteiger partial charge in [0.1, 0.15) is 6.10 Å². The second-order valence-electron chi connectivity index (χ2n) is 9.74. The molecule has 0 unspecified atom stereocenters. The summed E-state index contributed by atoms with van der Waals surface area (Å²) in [7, 11) is 0. The minimum absolute atomic E-state index is 0.124. The van der Waals surface area contributed by atoms with E-state index in [1.165, 1.54) is 64.2 Å². The third kappa shape index (κ3) is 6.00. The number of esters is 1. The van der Waals surface area contributed by atoms with Crippen LogP contribution in [-0.2, 0) is 9.53 Å². The van der Waals surface area contributed by atoms with E-state index >= 15 is 0 Å². The predicted molar refractivity (Wildman–Crippen MR) is 103 cm³/mol. The highest BCUT2D eigenvalue weighted by atomic mass is 16.5. The van der Waals surface area contributed by atoms with Crippen molar-refractivity contribution in [2.45, 2.75) is 110 Å². The van der Waals surface area contributed by atoms with Crippen molar-refractivity contribution in [3.63, 3.8) is 0 Å². The van der Waals surface area contributed by atoms with E-state index in [0.29, 0.717) is 0 Å². The molecule has 0 N–H and O–H groups in total. The molecule has 3 aliphatic rings. The molecule has 3 rings (SSSR count). The van der Waals surface area contributed by atoms with Crippen molar-refractivity contribution >= 4 is 5.97 Å². The highest BCUT2D eigenvalue weighted by Crippen LogP contribution is 2.37. The van der Waals surface area contributed by atoms with E-state index in [-0.39, 0.29) is 18.0 Å². The molecule has 144 valence electrons. The normalized spacial score (nSPS) is 39.8. The van der Waals surface area contributed by atoms with Gasteiger partial charge in [-0.2, -0.15) is 0 Å². The van der Waals surface area contributed by atoms with Gasteiger partial charge in [0.2, 0.25) is 0 Å². The van der Waals surface area contributed by atoms with Crippen LogP contribution in [0, 0.1) is 29.6 Å². The van der Waals surface area contributed by atoms with Crippen molar-refractivity contribution in [2.24, 2.45) is 29.6 Å². The van der Waals surface area contributed by atoms with E-state index in [2.05, 4.69) is 13.8 Å². The van der Waals surface area contributed by atoms with Crippen LogP contribution in [0.2, 0.25) is 0 Å². The van der Waals surface area contributed by atoms with Crippen LogP contribution < -0.4 is 0 Å². The minimum atomic E-state index is 0.124. The fourth-order valence-electron chi connectivity index (χ4n) is 5.38. The van der Waals surface area contributed by atoms with Crippen LogP contribution in [0.15, 0.2) is 0 Å². The summed E-state index contributed by atoms with van der Waals surface area (Å²) in [6.07, 6.45) is 18.2. The summed E-state index contributed by atoms with van der Waals surface area (Å²) >= 11 is 0. The van der Waals surface area contributed by atoms with E-state index in [0.717, 1.165) is 49.4 Å². The van der Waals surface area contributed by atoms with Gasteiger partial charge in [0.25, 0.3) is 0 Å². The molecule has 2 nitrogen and oxygen atoms in total. The number of rotatable bonds is 5. The van der Waals surface area contributed by atoms with Crippen LogP contribution >= 0.6 is 0 Å². The quantitative estimate of drug-likeness (QED) is 0.529. The number of ether oxygens (including phenoxy) is 1. The van der Waals surface area contributed by atoms with Crippen molar-refractivity contribution in [1.29, 1.82) is 0 Å². The Hall–Kier alpha value is -0.530. The van der Waals surface area contributed by atoms with Crippen LogP contribution in [-0.4, -0.2) is 12.1 Å². The first kappa shape index (κ1) is 19.2. The molecule has 0 aromatic heterocycles. The molecule has 0 bridgehead atoms. The summed E-state index contributed by atoms with van der Waals surface area (Å²) in [6.45, 7) is 4.72. The summed E-state index contributed by atoms with van der Waals surface area (Å²) in [4.78, 5) is 12.5. The van der Waals surface area contributed by atoms with Gasteiger partial charge in [0.05, 0.1) is 5.92 Å². The SMILES string of the molecule is CC1CCC(OC(=O)C2CCC(CC[C@H]3CC[C@@H](C)CC3)CC2)CC1. The summed E-state index contributed by atoms with van der Waals surface area (Å²) < 4.78 is 5.84. The largest absolute Gasteiger partial charge is 0.462 e. The van der Waals surface area contributed by atoms with Crippen molar-refractivity contribution in [3.05, 3.63) is 0 Å². The highest BCUT2D eigenvalue weighted by molar-refractivity contribution is 5.72. The third-order valence-electron chi connectivity index (χ3n) is 7.54. The second-order valence-corrected chi connectivity index (χ2v) is 9.74. The monoisotopic (exact) mass is 348 g/mol. The van der Waals surface area contributed by atoms with Gasteiger partial charge in [-0.05, 0) is 75.0 Å². The van der Waals surface area contributed by atoms with Crippen LogP contribution in [0.25, 0.3) is 0 Å². The zero-order valence-electron chi connectivity index (χ0n) is 16.7. The highest BCUT2D eigenvalue weighted by Gasteiger charge is 2.30. The molecule has 2 heteroatoms. The zero-order valence-corrected chi connectivity index (χ0v) is 16.7. The molecule has 0 radical (unpaired) electrons. The van der Waals surface area contributed by atoms with Crippen molar-refractivity contribution < 1.29 is 9.53 Å². The van der Waals surface area contributed by atoms with Gasteiger partial charge >= 0.3 is 5.97 Å². The van der Waals surface area contributed by atoms with E-state index in [4.69, 9.17) is 4.74 Å². The smallest absolute Gasteiger partial charge is 0.309 e. The lowest BCUT2D eigenvalue weighted by Gasteiger charge is -2.32. The van der Waals surface area contributed by atoms with Gasteiger partial charge in [-0.15, -0.1) is 0 Å². The van der Waals surface area contributed by atoms with E-state index < -0.39 is 0 Å². The zero-order chi connectivity index (χ0) is 17.6. The summed E-state index contributed by atoms with van der Waals surface area (Å²) in [6, 6.07) is 0. The van der Waals surface area contributed by atoms with Crippen LogP contribution in [0.5, 0.6) is 0 Å². The fraction of sp³-hybridized carbons (Fsp3) is 0.957. The van der Waals surface area contributed by atoms with E-state index in [1.54, 1.807) is 0 Å². The van der Waals surface area contributed by atoms with Gasteiger partial charge in [0, 0.05) is 0 Å². The van der Waals surface area contributed by atoms with E-state index in [9.17, 15) is 4.79 Å². The van der Waals surface area contributed by atoms with Gasteiger partial charge in [-0.25, -0.2) is 0 Å². The molecule has 0 atom stereocenters. The summed E-state index contributed by atoms with van der Waals surface area (Å²) in [5.74, 6) is 3.97. The van der Waals surface area contributed by atoms with Gasteiger partial charge in [0.15, 0.2) is 0 Å². The topological polar surface area (TPSA) is 26.3 Å². The van der Waals surface area contributed by atoms with Gasteiger partial charge in [-0.3, -0.25) is 4.79 Å². The summed E-state index contributed by atoms with van der Waals surface area (Å²) in [5, 5.41) is 0. The molecule has 0 amide bonds. The number of hydrogen-bond acceptors (Lipinski definition) is 2. The molecule has 0 aromatic carbocycles. The standard InChI is InChI=1S/C23H40O2/c1-17-3-7-19(8-4-17)9-10-20-11-13-21(14-12-20)23(24)25-22-15-5-18(2)6-16-22/h17-22H,3-16H2,1-2H3/t17-,18?,19+,20?,21?,22?. The maximum Gasteiger partial charge on any atom is 0.309 e. The lowest BCUT2D eigenvalue weighted by molar-refractivity contribution is -0.157. The number of carbonyl (C=O) groups is 1. The molecular weight excluding hydrogens is 308 g/mol. The van der Waals surface area contributed by atoms with E-state index in [1.807, 2.05) is 0 Å². The maximum atomic E-state index is 12.5. The molecule has 0 spiro atoms. The molecule has 0 saturated heterocycles. The lowest BCUT2D eigenvalue weighted by atomic mass is 9.76. The first-order chi connectivity index (χ1) is 12.1. The van der Waals surface area contributed by atoms with Crippen LogP contribution in [0.3, 0.4) is 0 Å². The second kappa shape index (κ2) is 9.42. The first-order valence-electron chi connectivity index (χ1n) is 11.3. The van der Waals surface area contributed by atoms with Gasteiger partial charge in [-0.1, -0.05) is 52.4 Å².